The Hall–Kier alpha value is -1.10. The fraction of sp³-hybridized carbons (Fsp3) is 0.500. The van der Waals surface area contributed by atoms with E-state index < -0.39 is 0 Å². The number of ether oxygens (including phenoxy) is 2. The van der Waals surface area contributed by atoms with E-state index in [0.29, 0.717) is 0 Å². The Morgan fingerprint density at radius 2 is 2.44 bits per heavy atom. The standard InChI is InChI=1S/C12H18N2O2/c1-15-10-5-2-4-9(8-10)12(14-13)11-6-3-7-16-11/h2,4-5,8,11-12,14H,3,6-7,13H2,1H3. The molecule has 88 valence electrons. The van der Waals surface area contributed by atoms with Crippen LogP contribution in [-0.2, 0) is 4.74 Å². The van der Waals surface area contributed by atoms with Crippen molar-refractivity contribution in [1.82, 2.24) is 5.43 Å². The van der Waals surface area contributed by atoms with E-state index in [2.05, 4.69) is 5.43 Å². The zero-order valence-corrected chi connectivity index (χ0v) is 9.48. The smallest absolute Gasteiger partial charge is 0.119 e. The molecule has 2 unspecified atom stereocenters. The lowest BCUT2D eigenvalue weighted by Gasteiger charge is -2.22. The Morgan fingerprint density at radius 1 is 1.56 bits per heavy atom. The van der Waals surface area contributed by atoms with Crippen LogP contribution in [0.3, 0.4) is 0 Å². The van der Waals surface area contributed by atoms with Gasteiger partial charge in [-0.1, -0.05) is 12.1 Å². The predicted octanol–water partition coefficient (Wildman–Crippen LogP) is 1.38. The molecule has 1 aromatic carbocycles. The van der Waals surface area contributed by atoms with Gasteiger partial charge in [-0.25, -0.2) is 0 Å². The number of hydrazine groups is 1. The van der Waals surface area contributed by atoms with Gasteiger partial charge in [0, 0.05) is 6.61 Å². The number of hydrogen-bond donors (Lipinski definition) is 2. The molecule has 16 heavy (non-hydrogen) atoms. The third-order valence-corrected chi connectivity index (χ3v) is 2.97. The van der Waals surface area contributed by atoms with Crippen LogP contribution in [0.1, 0.15) is 24.4 Å². The molecule has 1 heterocycles. The Bertz CT molecular complexity index is 338. The fourth-order valence-electron chi connectivity index (χ4n) is 2.12. The molecule has 0 radical (unpaired) electrons. The molecule has 1 aromatic rings. The van der Waals surface area contributed by atoms with Crippen molar-refractivity contribution in [2.24, 2.45) is 5.84 Å². The van der Waals surface area contributed by atoms with Crippen LogP contribution in [0.25, 0.3) is 0 Å². The van der Waals surface area contributed by atoms with Gasteiger partial charge in [-0.15, -0.1) is 0 Å². The molecular formula is C12H18N2O2. The zero-order chi connectivity index (χ0) is 11.4. The number of nitrogens with two attached hydrogens (primary N) is 1. The molecule has 3 N–H and O–H groups in total. The van der Waals surface area contributed by atoms with Gasteiger partial charge in [-0.3, -0.25) is 11.3 Å². The second-order valence-electron chi connectivity index (χ2n) is 3.97. The van der Waals surface area contributed by atoms with Crippen molar-refractivity contribution in [2.75, 3.05) is 13.7 Å². The molecule has 0 bridgehead atoms. The Kier molecular flexibility index (Phi) is 3.77. The fourth-order valence-corrected chi connectivity index (χ4v) is 2.12. The van der Waals surface area contributed by atoms with Crippen LogP contribution < -0.4 is 16.0 Å². The summed E-state index contributed by atoms with van der Waals surface area (Å²) in [4.78, 5) is 0. The lowest BCUT2D eigenvalue weighted by molar-refractivity contribution is 0.0783. The molecule has 1 saturated heterocycles. The number of hydrogen-bond acceptors (Lipinski definition) is 4. The minimum Gasteiger partial charge on any atom is -0.497 e. The molecule has 0 spiro atoms. The molecule has 2 rings (SSSR count). The third kappa shape index (κ3) is 2.35. The van der Waals surface area contributed by atoms with Crippen molar-refractivity contribution in [3.63, 3.8) is 0 Å². The van der Waals surface area contributed by atoms with Gasteiger partial charge in [0.2, 0.25) is 0 Å². The molecule has 0 aliphatic carbocycles. The van der Waals surface area contributed by atoms with E-state index in [1.807, 2.05) is 24.3 Å². The number of benzene rings is 1. The molecule has 0 saturated carbocycles. The molecule has 4 heteroatoms. The monoisotopic (exact) mass is 222 g/mol. The largest absolute Gasteiger partial charge is 0.497 e. The minimum atomic E-state index is 0.0394. The van der Waals surface area contributed by atoms with Crippen LogP contribution in [-0.4, -0.2) is 19.8 Å². The average molecular weight is 222 g/mol. The minimum absolute atomic E-state index is 0.0394. The Labute approximate surface area is 95.7 Å². The lowest BCUT2D eigenvalue weighted by atomic mass is 10.00. The van der Waals surface area contributed by atoms with E-state index in [4.69, 9.17) is 15.3 Å². The van der Waals surface area contributed by atoms with E-state index in [1.165, 1.54) is 0 Å². The summed E-state index contributed by atoms with van der Waals surface area (Å²) in [6.07, 6.45) is 2.32. The first-order valence-corrected chi connectivity index (χ1v) is 5.57. The lowest BCUT2D eigenvalue weighted by Crippen LogP contribution is -2.36. The maximum Gasteiger partial charge on any atom is 0.119 e. The Balaban J connectivity index is 2.18. The van der Waals surface area contributed by atoms with E-state index in [1.54, 1.807) is 7.11 Å². The second kappa shape index (κ2) is 5.30. The molecule has 4 nitrogen and oxygen atoms in total. The van der Waals surface area contributed by atoms with Gasteiger partial charge in [-0.05, 0) is 30.5 Å². The summed E-state index contributed by atoms with van der Waals surface area (Å²) in [5.74, 6) is 6.45. The average Bonchev–Trinajstić information content (AvgIpc) is 2.84. The van der Waals surface area contributed by atoms with Gasteiger partial charge in [0.25, 0.3) is 0 Å². The topological polar surface area (TPSA) is 56.5 Å². The molecule has 2 atom stereocenters. The van der Waals surface area contributed by atoms with Gasteiger partial charge in [0.05, 0.1) is 19.3 Å². The molecule has 0 aromatic heterocycles. The molecule has 1 aliphatic heterocycles. The van der Waals surface area contributed by atoms with Crippen molar-refractivity contribution in [2.45, 2.75) is 25.0 Å². The molecule has 1 aliphatic rings. The van der Waals surface area contributed by atoms with Gasteiger partial charge in [0.1, 0.15) is 5.75 Å². The zero-order valence-electron chi connectivity index (χ0n) is 9.48. The van der Waals surface area contributed by atoms with Gasteiger partial charge >= 0.3 is 0 Å². The summed E-state index contributed by atoms with van der Waals surface area (Å²) < 4.78 is 10.9. The van der Waals surface area contributed by atoms with Crippen LogP contribution in [0, 0.1) is 0 Å². The SMILES string of the molecule is COc1cccc(C(NN)C2CCCO2)c1. The van der Waals surface area contributed by atoms with Gasteiger partial charge in [-0.2, -0.15) is 0 Å². The van der Waals surface area contributed by atoms with Crippen molar-refractivity contribution in [1.29, 1.82) is 0 Å². The molecule has 0 amide bonds. The first-order chi connectivity index (χ1) is 7.85. The number of methoxy groups -OCH3 is 1. The summed E-state index contributed by atoms with van der Waals surface area (Å²) in [7, 11) is 1.66. The van der Waals surface area contributed by atoms with Crippen LogP contribution in [0.4, 0.5) is 0 Å². The van der Waals surface area contributed by atoms with E-state index in [-0.39, 0.29) is 12.1 Å². The van der Waals surface area contributed by atoms with Crippen LogP contribution in [0.5, 0.6) is 5.75 Å². The van der Waals surface area contributed by atoms with Crippen LogP contribution in [0.15, 0.2) is 24.3 Å². The van der Waals surface area contributed by atoms with Crippen molar-refractivity contribution in [3.05, 3.63) is 29.8 Å². The van der Waals surface area contributed by atoms with E-state index in [9.17, 15) is 0 Å². The first kappa shape index (κ1) is 11.4. The van der Waals surface area contributed by atoms with Crippen LogP contribution >= 0.6 is 0 Å². The molecular weight excluding hydrogens is 204 g/mol. The second-order valence-corrected chi connectivity index (χ2v) is 3.97. The summed E-state index contributed by atoms with van der Waals surface area (Å²) in [6.45, 7) is 0.826. The third-order valence-electron chi connectivity index (χ3n) is 2.97. The van der Waals surface area contributed by atoms with Crippen molar-refractivity contribution >= 4 is 0 Å². The maximum atomic E-state index is 5.65. The highest BCUT2D eigenvalue weighted by Crippen LogP contribution is 2.28. The van der Waals surface area contributed by atoms with Gasteiger partial charge in [0.15, 0.2) is 0 Å². The molecule has 1 fully saturated rings. The summed E-state index contributed by atoms with van der Waals surface area (Å²) in [6, 6.07) is 7.96. The normalized spacial score (nSPS) is 22.0. The summed E-state index contributed by atoms with van der Waals surface area (Å²) >= 11 is 0. The summed E-state index contributed by atoms with van der Waals surface area (Å²) in [5.41, 5.74) is 3.94. The van der Waals surface area contributed by atoms with Crippen LogP contribution in [0.2, 0.25) is 0 Å². The van der Waals surface area contributed by atoms with Crippen molar-refractivity contribution < 1.29 is 9.47 Å². The predicted molar refractivity (Wildman–Crippen MR) is 62.0 cm³/mol. The number of nitrogens with one attached hydrogen (secondary N) is 1. The Morgan fingerprint density at radius 3 is 3.06 bits per heavy atom. The highest BCUT2D eigenvalue weighted by molar-refractivity contribution is 5.31. The van der Waals surface area contributed by atoms with Crippen molar-refractivity contribution in [3.8, 4) is 5.75 Å². The summed E-state index contributed by atoms with van der Waals surface area (Å²) in [5, 5.41) is 0. The van der Waals surface area contributed by atoms with Gasteiger partial charge < -0.3 is 9.47 Å². The maximum absolute atomic E-state index is 5.65. The van der Waals surface area contributed by atoms with E-state index >= 15 is 0 Å². The quantitative estimate of drug-likeness (QED) is 0.597. The number of rotatable bonds is 4. The first-order valence-electron chi connectivity index (χ1n) is 5.57. The highest BCUT2D eigenvalue weighted by atomic mass is 16.5. The van der Waals surface area contributed by atoms with E-state index in [0.717, 1.165) is 30.8 Å². The highest BCUT2D eigenvalue weighted by Gasteiger charge is 2.26.